The van der Waals surface area contributed by atoms with E-state index in [1.807, 2.05) is 20.2 Å². The van der Waals surface area contributed by atoms with E-state index >= 15 is 0 Å². The fourth-order valence-electron chi connectivity index (χ4n) is 2.64. The Hall–Kier alpha value is -1.36. The molecule has 0 bridgehead atoms. The molecule has 0 saturated carbocycles. The molecular formula is C16H27N3O2. The summed E-state index contributed by atoms with van der Waals surface area (Å²) in [6, 6.07) is 1.90. The fourth-order valence-corrected chi connectivity index (χ4v) is 2.64. The van der Waals surface area contributed by atoms with Crippen LogP contribution in [-0.2, 0) is 11.8 Å². The number of carbonyl (C=O) groups is 1. The third kappa shape index (κ3) is 4.06. The van der Waals surface area contributed by atoms with Crippen molar-refractivity contribution < 1.29 is 9.53 Å². The van der Waals surface area contributed by atoms with Crippen molar-refractivity contribution in [3.63, 3.8) is 0 Å². The van der Waals surface area contributed by atoms with E-state index in [9.17, 15) is 4.79 Å². The van der Waals surface area contributed by atoms with Gasteiger partial charge in [0.15, 0.2) is 0 Å². The molecule has 1 unspecified atom stereocenters. The Labute approximate surface area is 127 Å². The Bertz CT molecular complexity index is 476. The molecule has 1 fully saturated rings. The van der Waals surface area contributed by atoms with Gasteiger partial charge in [-0.05, 0) is 37.7 Å². The van der Waals surface area contributed by atoms with Crippen molar-refractivity contribution in [3.05, 3.63) is 17.5 Å². The zero-order valence-electron chi connectivity index (χ0n) is 13.6. The zero-order chi connectivity index (χ0) is 15.4. The first-order valence-electron chi connectivity index (χ1n) is 7.90. The smallest absolute Gasteiger partial charge is 0.271 e. The van der Waals surface area contributed by atoms with Crippen molar-refractivity contribution in [2.75, 3.05) is 20.2 Å². The summed E-state index contributed by atoms with van der Waals surface area (Å²) in [4.78, 5) is 14.3. The molecule has 1 aromatic rings. The van der Waals surface area contributed by atoms with E-state index in [1.165, 1.54) is 6.42 Å². The lowest BCUT2D eigenvalue weighted by atomic mass is 10.1. The summed E-state index contributed by atoms with van der Waals surface area (Å²) >= 11 is 0. The van der Waals surface area contributed by atoms with Crippen molar-refractivity contribution in [2.24, 2.45) is 7.05 Å². The number of amides is 1. The van der Waals surface area contributed by atoms with Crippen LogP contribution in [0.15, 0.2) is 6.07 Å². The SMILES string of the molecule is CC(C)c1cc(C(=O)N(C)CCC2CCCCO2)n(C)n1. The Kier molecular flexibility index (Phi) is 5.39. The number of carbonyl (C=O) groups excluding carboxylic acids is 1. The normalized spacial score (nSPS) is 19.0. The molecule has 0 aliphatic carbocycles. The highest BCUT2D eigenvalue weighted by atomic mass is 16.5. The van der Waals surface area contributed by atoms with Crippen LogP contribution in [0.5, 0.6) is 0 Å². The topological polar surface area (TPSA) is 47.4 Å². The van der Waals surface area contributed by atoms with Crippen LogP contribution in [0.25, 0.3) is 0 Å². The minimum atomic E-state index is 0.0349. The van der Waals surface area contributed by atoms with Crippen LogP contribution < -0.4 is 0 Å². The Morgan fingerprint density at radius 1 is 1.52 bits per heavy atom. The molecular weight excluding hydrogens is 266 g/mol. The average Bonchev–Trinajstić information content (AvgIpc) is 2.87. The Morgan fingerprint density at radius 3 is 2.86 bits per heavy atom. The van der Waals surface area contributed by atoms with Gasteiger partial charge in [-0.3, -0.25) is 9.48 Å². The molecule has 21 heavy (non-hydrogen) atoms. The van der Waals surface area contributed by atoms with Crippen LogP contribution in [0.3, 0.4) is 0 Å². The minimum absolute atomic E-state index is 0.0349. The van der Waals surface area contributed by atoms with Crippen LogP contribution in [0, 0.1) is 0 Å². The summed E-state index contributed by atoms with van der Waals surface area (Å²) < 4.78 is 7.40. The van der Waals surface area contributed by atoms with Gasteiger partial charge in [-0.2, -0.15) is 5.10 Å². The third-order valence-electron chi connectivity index (χ3n) is 4.12. The zero-order valence-corrected chi connectivity index (χ0v) is 13.6. The largest absolute Gasteiger partial charge is 0.378 e. The van der Waals surface area contributed by atoms with Gasteiger partial charge in [0, 0.05) is 27.2 Å². The quantitative estimate of drug-likeness (QED) is 0.838. The Balaban J connectivity index is 1.92. The van der Waals surface area contributed by atoms with Crippen LogP contribution >= 0.6 is 0 Å². The van der Waals surface area contributed by atoms with E-state index < -0.39 is 0 Å². The predicted molar refractivity (Wildman–Crippen MR) is 82.5 cm³/mol. The van der Waals surface area contributed by atoms with Crippen LogP contribution in [-0.4, -0.2) is 46.9 Å². The first-order chi connectivity index (χ1) is 9.99. The van der Waals surface area contributed by atoms with E-state index in [-0.39, 0.29) is 5.91 Å². The molecule has 5 nitrogen and oxygen atoms in total. The molecule has 5 heteroatoms. The summed E-state index contributed by atoms with van der Waals surface area (Å²) in [7, 11) is 3.68. The summed E-state index contributed by atoms with van der Waals surface area (Å²) in [6.07, 6.45) is 4.74. The predicted octanol–water partition coefficient (Wildman–Crippen LogP) is 2.57. The van der Waals surface area contributed by atoms with E-state index in [2.05, 4.69) is 18.9 Å². The van der Waals surface area contributed by atoms with Crippen molar-refractivity contribution in [1.29, 1.82) is 0 Å². The maximum Gasteiger partial charge on any atom is 0.271 e. The molecule has 0 spiro atoms. The molecule has 1 amide bonds. The lowest BCUT2D eigenvalue weighted by Crippen LogP contribution is -2.32. The maximum atomic E-state index is 12.5. The number of nitrogens with zero attached hydrogens (tertiary/aromatic N) is 3. The molecule has 0 N–H and O–H groups in total. The van der Waals surface area contributed by atoms with Gasteiger partial charge in [0.1, 0.15) is 5.69 Å². The molecule has 1 saturated heterocycles. The molecule has 2 rings (SSSR count). The minimum Gasteiger partial charge on any atom is -0.378 e. The molecule has 0 radical (unpaired) electrons. The first-order valence-corrected chi connectivity index (χ1v) is 7.90. The van der Waals surface area contributed by atoms with Crippen molar-refractivity contribution in [1.82, 2.24) is 14.7 Å². The van der Waals surface area contributed by atoms with Crippen molar-refractivity contribution >= 4 is 5.91 Å². The highest BCUT2D eigenvalue weighted by Crippen LogP contribution is 2.17. The second kappa shape index (κ2) is 7.07. The van der Waals surface area contributed by atoms with Gasteiger partial charge in [-0.15, -0.1) is 0 Å². The van der Waals surface area contributed by atoms with Gasteiger partial charge in [0.2, 0.25) is 0 Å². The number of aryl methyl sites for hydroxylation is 1. The van der Waals surface area contributed by atoms with E-state index in [1.54, 1.807) is 9.58 Å². The van der Waals surface area contributed by atoms with Crippen molar-refractivity contribution in [3.8, 4) is 0 Å². The highest BCUT2D eigenvalue weighted by Gasteiger charge is 2.20. The number of hydrogen-bond donors (Lipinski definition) is 0. The van der Waals surface area contributed by atoms with Gasteiger partial charge < -0.3 is 9.64 Å². The number of ether oxygens (including phenoxy) is 1. The van der Waals surface area contributed by atoms with Gasteiger partial charge in [0.05, 0.1) is 11.8 Å². The Morgan fingerprint density at radius 2 is 2.29 bits per heavy atom. The van der Waals surface area contributed by atoms with Gasteiger partial charge >= 0.3 is 0 Å². The number of hydrogen-bond acceptors (Lipinski definition) is 3. The van der Waals surface area contributed by atoms with Crippen LogP contribution in [0.2, 0.25) is 0 Å². The first kappa shape index (κ1) is 16.0. The van der Waals surface area contributed by atoms with E-state index in [0.717, 1.165) is 38.1 Å². The molecule has 118 valence electrons. The maximum absolute atomic E-state index is 12.5. The highest BCUT2D eigenvalue weighted by molar-refractivity contribution is 5.92. The lowest BCUT2D eigenvalue weighted by Gasteiger charge is -2.25. The molecule has 2 heterocycles. The number of rotatable bonds is 5. The summed E-state index contributed by atoms with van der Waals surface area (Å²) in [5.74, 6) is 0.367. The monoisotopic (exact) mass is 293 g/mol. The van der Waals surface area contributed by atoms with Gasteiger partial charge in [0.25, 0.3) is 5.91 Å². The summed E-state index contributed by atoms with van der Waals surface area (Å²) in [5.41, 5.74) is 1.62. The second-order valence-corrected chi connectivity index (χ2v) is 6.24. The van der Waals surface area contributed by atoms with Gasteiger partial charge in [-0.1, -0.05) is 13.8 Å². The second-order valence-electron chi connectivity index (χ2n) is 6.24. The number of aromatic nitrogens is 2. The molecule has 0 aromatic carbocycles. The average molecular weight is 293 g/mol. The van der Waals surface area contributed by atoms with Crippen LogP contribution in [0.4, 0.5) is 0 Å². The molecule has 1 aliphatic rings. The summed E-state index contributed by atoms with van der Waals surface area (Å²) in [6.45, 7) is 5.76. The molecule has 1 aliphatic heterocycles. The molecule has 1 atom stereocenters. The molecule has 1 aromatic heterocycles. The van der Waals surface area contributed by atoms with Crippen molar-refractivity contribution in [2.45, 2.75) is 51.6 Å². The fraction of sp³-hybridized carbons (Fsp3) is 0.750. The summed E-state index contributed by atoms with van der Waals surface area (Å²) in [5, 5.41) is 4.41. The third-order valence-corrected chi connectivity index (χ3v) is 4.12. The van der Waals surface area contributed by atoms with Crippen LogP contribution in [0.1, 0.15) is 61.6 Å². The van der Waals surface area contributed by atoms with Gasteiger partial charge in [-0.25, -0.2) is 0 Å². The standard InChI is InChI=1S/C16H27N3O2/c1-12(2)14-11-15(19(4)17-14)16(20)18(3)9-8-13-7-5-6-10-21-13/h11-13H,5-10H2,1-4H3. The lowest BCUT2D eigenvalue weighted by molar-refractivity contribution is 0.00703. The van der Waals surface area contributed by atoms with E-state index in [0.29, 0.717) is 17.7 Å². The van der Waals surface area contributed by atoms with E-state index in [4.69, 9.17) is 4.74 Å².